The first-order valence-electron chi connectivity index (χ1n) is 5.67. The van der Waals surface area contributed by atoms with Crippen LogP contribution in [0.2, 0.25) is 0 Å². The number of hydrogen-bond donors (Lipinski definition) is 2. The largest absolute Gasteiger partial charge is 0.482 e. The maximum atomic E-state index is 11.3. The zero-order valence-electron chi connectivity index (χ0n) is 10.5. The van der Waals surface area contributed by atoms with Crippen molar-refractivity contribution in [1.29, 1.82) is 0 Å². The van der Waals surface area contributed by atoms with E-state index in [1.807, 2.05) is 19.9 Å². The molecular formula is C12H17N3O3. The Morgan fingerprint density at radius 3 is 2.78 bits per heavy atom. The van der Waals surface area contributed by atoms with Gasteiger partial charge in [0.05, 0.1) is 12.2 Å². The summed E-state index contributed by atoms with van der Waals surface area (Å²) < 4.78 is 5.35. The molecule has 0 aromatic carbocycles. The predicted molar refractivity (Wildman–Crippen MR) is 66.1 cm³/mol. The average Bonchev–Trinajstić information content (AvgIpc) is 2.34. The summed E-state index contributed by atoms with van der Waals surface area (Å²) in [5.41, 5.74) is 6.61. The fourth-order valence-electron chi connectivity index (χ4n) is 1.36. The van der Waals surface area contributed by atoms with E-state index in [-0.39, 0.29) is 13.2 Å². The second-order valence-electron chi connectivity index (χ2n) is 3.78. The third kappa shape index (κ3) is 4.40. The number of primary amides is 1. The van der Waals surface area contributed by atoms with E-state index in [1.165, 1.54) is 0 Å². The van der Waals surface area contributed by atoms with E-state index < -0.39 is 11.8 Å². The highest BCUT2D eigenvalue weighted by atomic mass is 16.5. The predicted octanol–water partition coefficient (Wildman–Crippen LogP) is -0.0673. The van der Waals surface area contributed by atoms with Gasteiger partial charge in [-0.1, -0.05) is 6.92 Å². The Bertz CT molecular complexity index is 446. The number of carbonyl (C=O) groups excluding carboxylic acids is 2. The molecule has 1 aromatic rings. The maximum Gasteiger partial charge on any atom is 0.258 e. The lowest BCUT2D eigenvalue weighted by atomic mass is 10.2. The van der Waals surface area contributed by atoms with Crippen LogP contribution in [0, 0.1) is 6.92 Å². The van der Waals surface area contributed by atoms with E-state index in [2.05, 4.69) is 10.3 Å². The molecule has 3 N–H and O–H groups in total. The Morgan fingerprint density at radius 2 is 2.17 bits per heavy atom. The van der Waals surface area contributed by atoms with Gasteiger partial charge in [-0.2, -0.15) is 0 Å². The second kappa shape index (κ2) is 6.58. The van der Waals surface area contributed by atoms with Crippen molar-refractivity contribution in [2.24, 2.45) is 5.73 Å². The number of nitrogens with two attached hydrogens (primary N) is 1. The van der Waals surface area contributed by atoms with Gasteiger partial charge >= 0.3 is 0 Å². The number of ether oxygens (including phenoxy) is 1. The third-order valence-electron chi connectivity index (χ3n) is 2.23. The van der Waals surface area contributed by atoms with Crippen LogP contribution in [0.15, 0.2) is 12.1 Å². The Labute approximate surface area is 106 Å². The molecular weight excluding hydrogens is 234 g/mol. The highest BCUT2D eigenvalue weighted by molar-refractivity contribution is 5.84. The molecule has 0 saturated heterocycles. The highest BCUT2D eigenvalue weighted by Gasteiger charge is 2.07. The molecule has 0 saturated carbocycles. The summed E-state index contributed by atoms with van der Waals surface area (Å²) in [4.78, 5) is 26.1. The Kier molecular flexibility index (Phi) is 5.10. The van der Waals surface area contributed by atoms with Crippen LogP contribution < -0.4 is 15.8 Å². The molecule has 0 aliphatic heterocycles. The van der Waals surface area contributed by atoms with Crippen molar-refractivity contribution in [1.82, 2.24) is 10.3 Å². The van der Waals surface area contributed by atoms with Crippen molar-refractivity contribution < 1.29 is 14.3 Å². The lowest BCUT2D eigenvalue weighted by Gasteiger charge is -2.10. The molecule has 0 bridgehead atoms. The van der Waals surface area contributed by atoms with Crippen molar-refractivity contribution in [2.45, 2.75) is 20.3 Å². The topological polar surface area (TPSA) is 94.3 Å². The molecule has 0 atom stereocenters. The average molecular weight is 251 g/mol. The number of pyridine rings is 1. The molecule has 6 nitrogen and oxygen atoms in total. The van der Waals surface area contributed by atoms with E-state index in [4.69, 9.17) is 10.5 Å². The van der Waals surface area contributed by atoms with Crippen LogP contribution in [-0.2, 0) is 16.0 Å². The number of nitrogens with one attached hydrogen (secondary N) is 1. The van der Waals surface area contributed by atoms with Crippen LogP contribution in [0.5, 0.6) is 5.75 Å². The molecule has 98 valence electrons. The van der Waals surface area contributed by atoms with Gasteiger partial charge in [0.15, 0.2) is 6.61 Å². The van der Waals surface area contributed by atoms with E-state index in [0.717, 1.165) is 17.8 Å². The summed E-state index contributed by atoms with van der Waals surface area (Å²) in [6.07, 6.45) is 0.722. The van der Waals surface area contributed by atoms with Crippen molar-refractivity contribution in [3.8, 4) is 5.75 Å². The molecule has 0 fully saturated rings. The lowest BCUT2D eigenvalue weighted by molar-refractivity contribution is -0.126. The van der Waals surface area contributed by atoms with Crippen molar-refractivity contribution >= 4 is 11.8 Å². The molecule has 0 aliphatic rings. The molecule has 1 rings (SSSR count). The van der Waals surface area contributed by atoms with Crippen molar-refractivity contribution in [3.05, 3.63) is 23.5 Å². The molecule has 0 radical (unpaired) electrons. The summed E-state index contributed by atoms with van der Waals surface area (Å²) in [5, 5.41) is 2.34. The van der Waals surface area contributed by atoms with Gasteiger partial charge < -0.3 is 15.8 Å². The molecule has 6 heteroatoms. The molecule has 2 amide bonds. The maximum absolute atomic E-state index is 11.3. The van der Waals surface area contributed by atoms with E-state index in [9.17, 15) is 9.59 Å². The SMILES string of the molecule is CCc1nc(C)ccc1OCC(=O)NCC(N)=O. The fraction of sp³-hybridized carbons (Fsp3) is 0.417. The van der Waals surface area contributed by atoms with Gasteiger partial charge in [0, 0.05) is 5.69 Å². The fourth-order valence-corrected chi connectivity index (χ4v) is 1.36. The quantitative estimate of drug-likeness (QED) is 0.740. The van der Waals surface area contributed by atoms with E-state index >= 15 is 0 Å². The minimum absolute atomic E-state index is 0.162. The summed E-state index contributed by atoms with van der Waals surface area (Å²) in [5.74, 6) is -0.400. The van der Waals surface area contributed by atoms with Crippen LogP contribution in [0.25, 0.3) is 0 Å². The van der Waals surface area contributed by atoms with Crippen molar-refractivity contribution in [3.63, 3.8) is 0 Å². The first kappa shape index (κ1) is 14.0. The zero-order valence-corrected chi connectivity index (χ0v) is 10.5. The summed E-state index contributed by atoms with van der Waals surface area (Å²) in [6, 6.07) is 3.60. The van der Waals surface area contributed by atoms with Gasteiger partial charge in [-0.25, -0.2) is 0 Å². The van der Waals surface area contributed by atoms with Gasteiger partial charge in [-0.05, 0) is 25.5 Å². The van der Waals surface area contributed by atoms with Crippen LogP contribution in [0.1, 0.15) is 18.3 Å². The minimum Gasteiger partial charge on any atom is -0.482 e. The number of rotatable bonds is 6. The Hall–Kier alpha value is -2.11. The smallest absolute Gasteiger partial charge is 0.258 e. The van der Waals surface area contributed by atoms with Crippen LogP contribution in [0.3, 0.4) is 0 Å². The van der Waals surface area contributed by atoms with Gasteiger partial charge in [-0.3, -0.25) is 14.6 Å². The minimum atomic E-state index is -0.588. The molecule has 1 heterocycles. The number of carbonyl (C=O) groups is 2. The van der Waals surface area contributed by atoms with Gasteiger partial charge in [-0.15, -0.1) is 0 Å². The normalized spacial score (nSPS) is 9.89. The van der Waals surface area contributed by atoms with Gasteiger partial charge in [0.2, 0.25) is 5.91 Å². The molecule has 1 aromatic heterocycles. The number of aromatic nitrogens is 1. The van der Waals surface area contributed by atoms with Crippen LogP contribution in [-0.4, -0.2) is 29.9 Å². The first-order valence-corrected chi connectivity index (χ1v) is 5.67. The lowest BCUT2D eigenvalue weighted by Crippen LogP contribution is -2.36. The highest BCUT2D eigenvalue weighted by Crippen LogP contribution is 2.17. The van der Waals surface area contributed by atoms with E-state index in [1.54, 1.807) is 6.07 Å². The molecule has 0 aliphatic carbocycles. The Balaban J connectivity index is 2.52. The summed E-state index contributed by atoms with van der Waals surface area (Å²) >= 11 is 0. The monoisotopic (exact) mass is 251 g/mol. The van der Waals surface area contributed by atoms with Gasteiger partial charge in [0.1, 0.15) is 5.75 Å². The number of hydrogen-bond acceptors (Lipinski definition) is 4. The van der Waals surface area contributed by atoms with Crippen LogP contribution in [0.4, 0.5) is 0 Å². The first-order chi connectivity index (χ1) is 8.52. The summed E-state index contributed by atoms with van der Waals surface area (Å²) in [7, 11) is 0. The number of aryl methyl sites for hydroxylation is 2. The molecule has 0 spiro atoms. The van der Waals surface area contributed by atoms with Crippen molar-refractivity contribution in [2.75, 3.05) is 13.2 Å². The Morgan fingerprint density at radius 1 is 1.44 bits per heavy atom. The molecule has 0 unspecified atom stereocenters. The second-order valence-corrected chi connectivity index (χ2v) is 3.78. The molecule has 18 heavy (non-hydrogen) atoms. The third-order valence-corrected chi connectivity index (χ3v) is 2.23. The van der Waals surface area contributed by atoms with E-state index in [0.29, 0.717) is 5.75 Å². The number of amides is 2. The number of nitrogens with zero attached hydrogens (tertiary/aromatic N) is 1. The summed E-state index contributed by atoms with van der Waals surface area (Å²) in [6.45, 7) is 3.50. The van der Waals surface area contributed by atoms with Crippen LogP contribution >= 0.6 is 0 Å². The van der Waals surface area contributed by atoms with Gasteiger partial charge in [0.25, 0.3) is 5.91 Å². The zero-order chi connectivity index (χ0) is 13.5. The standard InChI is InChI=1S/C12H17N3O3/c1-3-9-10(5-4-8(2)15-9)18-7-12(17)14-6-11(13)16/h4-5H,3,6-7H2,1-2H3,(H2,13,16)(H,14,17).